The summed E-state index contributed by atoms with van der Waals surface area (Å²) in [4.78, 5) is 0. The molecule has 12 aromatic rings. The van der Waals surface area contributed by atoms with Gasteiger partial charge in [-0.2, -0.15) is 0 Å². The monoisotopic (exact) mass is 1450 g/mol. The van der Waals surface area contributed by atoms with Gasteiger partial charge in [0.2, 0.25) is 0 Å². The molecule has 0 nitrogen and oxygen atoms in total. The molecule has 576 valence electrons. The van der Waals surface area contributed by atoms with Crippen LogP contribution in [0.4, 0.5) is 0 Å². The number of rotatable bonds is 4. The van der Waals surface area contributed by atoms with E-state index in [1.807, 2.05) is 0 Å². The Morgan fingerprint density at radius 1 is 0.257 bits per heavy atom. The smallest absolute Gasteiger partial charge is 0.0126 e. The first kappa shape index (κ1) is 82.4. The zero-order valence-corrected chi connectivity index (χ0v) is 73.2. The Morgan fingerprint density at radius 3 is 0.826 bits per heavy atom. The van der Waals surface area contributed by atoms with Crippen LogP contribution in [0.25, 0.3) is 75.4 Å². The number of fused-ring (bicyclic) bond motifs is 7. The third kappa shape index (κ3) is 18.3. The average molecular weight is 1450 g/mol. The minimum atomic E-state index is 0.133. The van der Waals surface area contributed by atoms with E-state index in [0.717, 1.165) is 17.8 Å². The van der Waals surface area contributed by atoms with Crippen molar-refractivity contribution >= 4 is 75.4 Å². The van der Waals surface area contributed by atoms with Gasteiger partial charge in [0.15, 0.2) is 0 Å². The van der Waals surface area contributed by atoms with Crippen LogP contribution in [0.15, 0.2) is 176 Å². The topological polar surface area (TPSA) is 0 Å². The molecule has 0 heterocycles. The zero-order valence-electron chi connectivity index (χ0n) is 73.2. The van der Waals surface area contributed by atoms with Crippen LogP contribution in [0.1, 0.15) is 343 Å². The number of benzene rings is 12. The Balaban J connectivity index is 0.000000135. The van der Waals surface area contributed by atoms with Crippen molar-refractivity contribution in [1.82, 2.24) is 0 Å². The summed E-state index contributed by atoms with van der Waals surface area (Å²) < 4.78 is 0. The Hall–Kier alpha value is -7.54. The largest absolute Gasteiger partial charge is 0.0616 e. The van der Waals surface area contributed by atoms with E-state index >= 15 is 0 Å². The van der Waals surface area contributed by atoms with Crippen LogP contribution in [0.5, 0.6) is 0 Å². The molecule has 0 heteroatoms. The average Bonchev–Trinajstić information content (AvgIpc) is 1.26. The molecule has 15 rings (SSSR count). The standard InChI is InChI=1S/C23H28.C23H32.C22H26.C21H28.C20H26/c1-15-18-12-16-10-8-9-11-17(16)13-19(18)21(23(5,6)7)14-20(15)22(2,3)4;1-16-18-9-7-8-10-19(18)20(15-21(16)22(2,3)4)17-11-13-23(5,6)14-12-17;1-14(2)18-13-21(22(4,5)6)15(3)19-11-16-9-7-8-10-17(16)12-20(18)19;1-15-17-12-8-9-13-18(17)19(14-20(15)21(2,3)4)16-10-6-5-7-11-16;1-14-16-11-7-8-12-17(16)18(15-9-5-6-10-15)13-19(14)20(2,3)4/h8-14H,1-7H3;7-10,15,17H,11-14H2,1-6H3;7-14H,1-6H3;8-9,12-14,16H,5-7,10-11H2,1-4H3;7-8,11-13,15H,5-6,9-10H2,1-4H3. The predicted molar refractivity (Wildman–Crippen MR) is 487 cm³/mol. The normalized spacial score (nSPS) is 15.8. The van der Waals surface area contributed by atoms with E-state index in [0.29, 0.717) is 11.3 Å². The molecule has 0 atom stereocenters. The van der Waals surface area contributed by atoms with Gasteiger partial charge in [-0.1, -0.05) is 336 Å². The molecule has 0 aromatic heterocycles. The van der Waals surface area contributed by atoms with E-state index in [-0.39, 0.29) is 32.5 Å². The molecule has 0 bridgehead atoms. The van der Waals surface area contributed by atoms with Gasteiger partial charge in [-0.3, -0.25) is 0 Å². The summed E-state index contributed by atoms with van der Waals surface area (Å²) >= 11 is 0. The Morgan fingerprint density at radius 2 is 0.505 bits per heavy atom. The van der Waals surface area contributed by atoms with Gasteiger partial charge in [-0.25, -0.2) is 0 Å². The lowest BCUT2D eigenvalue weighted by Gasteiger charge is -2.36. The zero-order chi connectivity index (χ0) is 79.3. The Kier molecular flexibility index (Phi) is 24.4. The second-order valence-corrected chi connectivity index (χ2v) is 41.2. The van der Waals surface area contributed by atoms with Crippen LogP contribution < -0.4 is 0 Å². The SMILES string of the molecule is Cc1c(C(C)(C)C)cc(C(C)(C)C)c2cc3ccccc3cc12.Cc1c(C(C)(C)C)cc(C(C)C)c2cc3ccccc3cc12.Cc1c(C(C)(C)C)cc(C2CCC(C)(C)CC2)c2ccccc12.Cc1c(C(C)(C)C)cc(C2CCCC2)c2ccccc12.Cc1c(C(C)(C)C)cc(C2CCCCC2)c2ccccc12. The maximum Gasteiger partial charge on any atom is -0.0126 e. The van der Waals surface area contributed by atoms with Crippen LogP contribution in [-0.4, -0.2) is 0 Å². The first-order valence-electron chi connectivity index (χ1n) is 42.5. The minimum absolute atomic E-state index is 0.133. The fourth-order valence-corrected chi connectivity index (χ4v) is 19.5. The maximum atomic E-state index is 2.54. The molecular formula is C109H140. The summed E-state index contributed by atoms with van der Waals surface area (Å²) in [6.45, 7) is 62.8. The van der Waals surface area contributed by atoms with E-state index < -0.39 is 0 Å². The maximum absolute atomic E-state index is 2.54. The molecule has 3 aliphatic carbocycles. The summed E-state index contributed by atoms with van der Waals surface area (Å²) in [5.41, 5.74) is 24.2. The molecule has 0 N–H and O–H groups in total. The number of hydrogen-bond acceptors (Lipinski definition) is 0. The molecule has 0 amide bonds. The molecule has 3 fully saturated rings. The van der Waals surface area contributed by atoms with Crippen LogP contribution in [-0.2, 0) is 32.5 Å². The number of aryl methyl sites for hydroxylation is 5. The summed E-state index contributed by atoms with van der Waals surface area (Å²) in [7, 11) is 0. The first-order chi connectivity index (χ1) is 51.0. The summed E-state index contributed by atoms with van der Waals surface area (Å²) in [6.07, 6.45) is 17.9. The van der Waals surface area contributed by atoms with Crippen molar-refractivity contribution in [3.8, 4) is 0 Å². The molecule has 0 saturated heterocycles. The van der Waals surface area contributed by atoms with Gasteiger partial charge in [0.1, 0.15) is 0 Å². The molecule has 0 spiro atoms. The van der Waals surface area contributed by atoms with Crippen molar-refractivity contribution in [1.29, 1.82) is 0 Å². The van der Waals surface area contributed by atoms with E-state index in [4.69, 9.17) is 0 Å². The molecule has 3 aliphatic rings. The molecule has 12 aromatic carbocycles. The third-order valence-electron chi connectivity index (χ3n) is 25.7. The van der Waals surface area contributed by atoms with Gasteiger partial charge >= 0.3 is 0 Å². The second-order valence-electron chi connectivity index (χ2n) is 41.2. The lowest BCUT2D eigenvalue weighted by Crippen LogP contribution is -2.21. The van der Waals surface area contributed by atoms with Crippen molar-refractivity contribution in [2.45, 2.75) is 327 Å². The van der Waals surface area contributed by atoms with Gasteiger partial charge in [-0.15, -0.1) is 0 Å². The van der Waals surface area contributed by atoms with Crippen molar-refractivity contribution in [3.63, 3.8) is 0 Å². The molecule has 0 radical (unpaired) electrons. The summed E-state index contributed by atoms with van der Waals surface area (Å²) in [6, 6.07) is 66.4. The van der Waals surface area contributed by atoms with E-state index in [2.05, 4.69) is 363 Å². The quantitative estimate of drug-likeness (QED) is 0.154. The summed E-state index contributed by atoms with van der Waals surface area (Å²) in [5, 5.41) is 19.8. The van der Waals surface area contributed by atoms with Crippen LogP contribution in [0.3, 0.4) is 0 Å². The van der Waals surface area contributed by atoms with Crippen molar-refractivity contribution < 1.29 is 0 Å². The second kappa shape index (κ2) is 32.3. The van der Waals surface area contributed by atoms with Crippen molar-refractivity contribution in [2.75, 3.05) is 0 Å². The van der Waals surface area contributed by atoms with Gasteiger partial charge in [0, 0.05) is 0 Å². The highest BCUT2D eigenvalue weighted by molar-refractivity contribution is 6.03. The predicted octanol–water partition coefficient (Wildman–Crippen LogP) is 33.3. The summed E-state index contributed by atoms with van der Waals surface area (Å²) in [5.74, 6) is 2.81. The third-order valence-corrected chi connectivity index (χ3v) is 25.7. The first-order valence-corrected chi connectivity index (χ1v) is 42.5. The number of hydrogen-bond donors (Lipinski definition) is 0. The van der Waals surface area contributed by atoms with Gasteiger partial charge in [-0.05, 0) is 331 Å². The van der Waals surface area contributed by atoms with Gasteiger partial charge in [0.05, 0.1) is 0 Å². The molecule has 109 heavy (non-hydrogen) atoms. The van der Waals surface area contributed by atoms with E-state index in [1.165, 1.54) is 226 Å². The van der Waals surface area contributed by atoms with E-state index in [9.17, 15) is 0 Å². The van der Waals surface area contributed by atoms with Gasteiger partial charge in [0.25, 0.3) is 0 Å². The highest BCUT2D eigenvalue weighted by atomic mass is 14.4. The van der Waals surface area contributed by atoms with E-state index in [1.54, 1.807) is 16.7 Å². The molecule has 3 saturated carbocycles. The van der Waals surface area contributed by atoms with Crippen LogP contribution in [0, 0.1) is 40.0 Å². The lowest BCUT2D eigenvalue weighted by atomic mass is 9.69. The molecule has 0 aliphatic heterocycles. The Labute approximate surface area is 662 Å². The fraction of sp³-hybridized carbons (Fsp3) is 0.468. The highest BCUT2D eigenvalue weighted by Crippen LogP contribution is 2.49. The lowest BCUT2D eigenvalue weighted by molar-refractivity contribution is 0.225. The van der Waals surface area contributed by atoms with Gasteiger partial charge < -0.3 is 0 Å². The van der Waals surface area contributed by atoms with Crippen molar-refractivity contribution in [2.24, 2.45) is 5.41 Å². The van der Waals surface area contributed by atoms with Crippen LogP contribution >= 0.6 is 0 Å². The Bertz CT molecular complexity index is 5220. The fourth-order valence-electron chi connectivity index (χ4n) is 19.5. The minimum Gasteiger partial charge on any atom is -0.0616 e. The van der Waals surface area contributed by atoms with Crippen molar-refractivity contribution in [3.05, 3.63) is 259 Å². The highest BCUT2D eigenvalue weighted by Gasteiger charge is 2.32. The molecular weight excluding hydrogens is 1310 g/mol. The molecule has 0 unspecified atom stereocenters. The van der Waals surface area contributed by atoms with Crippen LogP contribution in [0.2, 0.25) is 0 Å².